The molecule has 0 bridgehead atoms. The molecule has 0 unspecified atom stereocenters. The van der Waals surface area contributed by atoms with Gasteiger partial charge < -0.3 is 29.4 Å². The number of ether oxygens (including phenoxy) is 3. The van der Waals surface area contributed by atoms with Crippen LogP contribution in [0.3, 0.4) is 0 Å². The van der Waals surface area contributed by atoms with E-state index in [1.165, 1.54) is 0 Å². The summed E-state index contributed by atoms with van der Waals surface area (Å²) in [6.07, 6.45) is 3.83. The lowest BCUT2D eigenvalue weighted by molar-refractivity contribution is 0.323. The standard InChI is InChI=1S/C20H31N5O3/c1-14(2)13-25-8-7-22-18(25)12-24-20(21-3)23-11-15-9-16(26-4)19(28-6)17(10-15)27-5/h7-10,14H,11-13H2,1-6H3,(H2,21,23,24). The maximum Gasteiger partial charge on any atom is 0.203 e. The van der Waals surface area contributed by atoms with Crippen molar-refractivity contribution in [3.05, 3.63) is 35.9 Å². The van der Waals surface area contributed by atoms with E-state index < -0.39 is 0 Å². The number of aliphatic imine (C=N–C) groups is 1. The largest absolute Gasteiger partial charge is 0.493 e. The Hall–Kier alpha value is -2.90. The summed E-state index contributed by atoms with van der Waals surface area (Å²) in [4.78, 5) is 8.71. The molecule has 8 nitrogen and oxygen atoms in total. The van der Waals surface area contributed by atoms with Crippen molar-refractivity contribution in [2.75, 3.05) is 28.4 Å². The molecule has 0 aliphatic carbocycles. The summed E-state index contributed by atoms with van der Waals surface area (Å²) in [5.74, 6) is 4.05. The van der Waals surface area contributed by atoms with Crippen LogP contribution in [0.25, 0.3) is 0 Å². The van der Waals surface area contributed by atoms with Crippen molar-refractivity contribution in [1.29, 1.82) is 0 Å². The van der Waals surface area contributed by atoms with Crippen molar-refractivity contribution in [3.8, 4) is 17.2 Å². The minimum absolute atomic E-state index is 0.552. The van der Waals surface area contributed by atoms with Crippen molar-refractivity contribution in [1.82, 2.24) is 20.2 Å². The van der Waals surface area contributed by atoms with Crippen LogP contribution in [-0.4, -0.2) is 43.9 Å². The topological polar surface area (TPSA) is 81.9 Å². The minimum atomic E-state index is 0.552. The first-order valence-corrected chi connectivity index (χ1v) is 9.25. The van der Waals surface area contributed by atoms with Crippen LogP contribution in [0.4, 0.5) is 0 Å². The van der Waals surface area contributed by atoms with E-state index in [0.717, 1.165) is 17.9 Å². The third kappa shape index (κ3) is 5.55. The molecule has 1 heterocycles. The third-order valence-corrected chi connectivity index (χ3v) is 4.19. The van der Waals surface area contributed by atoms with E-state index in [-0.39, 0.29) is 0 Å². The summed E-state index contributed by atoms with van der Waals surface area (Å²) in [7, 11) is 6.54. The summed E-state index contributed by atoms with van der Waals surface area (Å²) in [6, 6.07) is 3.83. The number of hydrogen-bond donors (Lipinski definition) is 2. The van der Waals surface area contributed by atoms with Crippen LogP contribution in [0.15, 0.2) is 29.5 Å². The smallest absolute Gasteiger partial charge is 0.203 e. The molecule has 0 radical (unpaired) electrons. The SMILES string of the molecule is CN=C(NCc1cc(OC)c(OC)c(OC)c1)NCc1nccn1CC(C)C. The molecule has 2 N–H and O–H groups in total. The monoisotopic (exact) mass is 389 g/mol. The highest BCUT2D eigenvalue weighted by molar-refractivity contribution is 5.79. The molecular formula is C20H31N5O3. The van der Waals surface area contributed by atoms with Crippen LogP contribution >= 0.6 is 0 Å². The first-order chi connectivity index (χ1) is 13.5. The number of benzene rings is 1. The van der Waals surface area contributed by atoms with E-state index in [1.807, 2.05) is 24.5 Å². The van der Waals surface area contributed by atoms with Gasteiger partial charge in [0.25, 0.3) is 0 Å². The van der Waals surface area contributed by atoms with E-state index in [4.69, 9.17) is 14.2 Å². The van der Waals surface area contributed by atoms with Crippen molar-refractivity contribution in [2.45, 2.75) is 33.5 Å². The fraction of sp³-hybridized carbons (Fsp3) is 0.500. The normalized spacial score (nSPS) is 11.5. The Balaban J connectivity index is 2.00. The molecule has 0 amide bonds. The Morgan fingerprint density at radius 3 is 2.25 bits per heavy atom. The van der Waals surface area contributed by atoms with E-state index in [1.54, 1.807) is 28.4 Å². The van der Waals surface area contributed by atoms with Gasteiger partial charge in [-0.1, -0.05) is 13.8 Å². The third-order valence-electron chi connectivity index (χ3n) is 4.19. The molecule has 1 aromatic carbocycles. The van der Waals surface area contributed by atoms with Gasteiger partial charge in [0, 0.05) is 32.5 Å². The summed E-state index contributed by atoms with van der Waals surface area (Å²) < 4.78 is 18.3. The fourth-order valence-corrected chi connectivity index (χ4v) is 2.87. The van der Waals surface area contributed by atoms with E-state index >= 15 is 0 Å². The summed E-state index contributed by atoms with van der Waals surface area (Å²) in [5.41, 5.74) is 0.985. The van der Waals surface area contributed by atoms with Crippen LogP contribution in [0.5, 0.6) is 17.2 Å². The number of aromatic nitrogens is 2. The maximum atomic E-state index is 5.40. The highest BCUT2D eigenvalue weighted by atomic mass is 16.5. The van der Waals surface area contributed by atoms with Gasteiger partial charge in [0.15, 0.2) is 17.5 Å². The molecule has 0 spiro atoms. The average molecular weight is 390 g/mol. The van der Waals surface area contributed by atoms with Crippen LogP contribution < -0.4 is 24.8 Å². The van der Waals surface area contributed by atoms with Gasteiger partial charge in [-0.25, -0.2) is 4.98 Å². The molecule has 8 heteroatoms. The van der Waals surface area contributed by atoms with E-state index in [2.05, 4.69) is 39.0 Å². The lowest BCUT2D eigenvalue weighted by Gasteiger charge is -2.16. The number of nitrogens with zero attached hydrogens (tertiary/aromatic N) is 3. The molecule has 0 aliphatic rings. The molecule has 0 fully saturated rings. The van der Waals surface area contributed by atoms with Gasteiger partial charge in [-0.15, -0.1) is 0 Å². The zero-order valence-electron chi connectivity index (χ0n) is 17.6. The summed E-state index contributed by atoms with van der Waals surface area (Å²) in [5, 5.41) is 6.60. The summed E-state index contributed by atoms with van der Waals surface area (Å²) >= 11 is 0. The molecule has 28 heavy (non-hydrogen) atoms. The number of nitrogens with one attached hydrogen (secondary N) is 2. The molecule has 2 aromatic rings. The second-order valence-corrected chi connectivity index (χ2v) is 6.70. The van der Waals surface area contributed by atoms with E-state index in [9.17, 15) is 0 Å². The highest BCUT2D eigenvalue weighted by Crippen LogP contribution is 2.38. The first-order valence-electron chi connectivity index (χ1n) is 9.25. The van der Waals surface area contributed by atoms with Crippen LogP contribution in [0.1, 0.15) is 25.2 Å². The van der Waals surface area contributed by atoms with Gasteiger partial charge in [-0.3, -0.25) is 4.99 Å². The molecular weight excluding hydrogens is 358 g/mol. The van der Waals surface area contributed by atoms with Gasteiger partial charge in [0.05, 0.1) is 27.9 Å². The molecule has 1 aromatic heterocycles. The molecule has 154 valence electrons. The second kappa shape index (κ2) is 10.4. The predicted molar refractivity (Wildman–Crippen MR) is 110 cm³/mol. The Morgan fingerprint density at radius 2 is 1.71 bits per heavy atom. The van der Waals surface area contributed by atoms with Crippen LogP contribution in [-0.2, 0) is 19.6 Å². The Labute approximate surface area is 166 Å². The molecule has 0 saturated heterocycles. The second-order valence-electron chi connectivity index (χ2n) is 6.70. The molecule has 0 atom stereocenters. The van der Waals surface area contributed by atoms with Gasteiger partial charge in [0.2, 0.25) is 5.75 Å². The van der Waals surface area contributed by atoms with Gasteiger partial charge in [0.1, 0.15) is 5.82 Å². The molecule has 0 aliphatic heterocycles. The van der Waals surface area contributed by atoms with Crippen molar-refractivity contribution < 1.29 is 14.2 Å². The number of hydrogen-bond acceptors (Lipinski definition) is 5. The number of guanidine groups is 1. The lowest BCUT2D eigenvalue weighted by atomic mass is 10.2. The number of methoxy groups -OCH3 is 3. The van der Waals surface area contributed by atoms with E-state index in [0.29, 0.717) is 42.2 Å². The lowest BCUT2D eigenvalue weighted by Crippen LogP contribution is -2.37. The minimum Gasteiger partial charge on any atom is -0.493 e. The first kappa shape index (κ1) is 21.4. The van der Waals surface area contributed by atoms with Gasteiger partial charge >= 0.3 is 0 Å². The van der Waals surface area contributed by atoms with Gasteiger partial charge in [-0.05, 0) is 23.6 Å². The maximum absolute atomic E-state index is 5.40. The zero-order chi connectivity index (χ0) is 20.5. The predicted octanol–water partition coefficient (Wildman–Crippen LogP) is 2.43. The van der Waals surface area contributed by atoms with Crippen LogP contribution in [0, 0.1) is 5.92 Å². The number of imidazole rings is 1. The zero-order valence-corrected chi connectivity index (χ0v) is 17.6. The number of rotatable bonds is 9. The Bertz CT molecular complexity index is 761. The van der Waals surface area contributed by atoms with Crippen molar-refractivity contribution in [2.24, 2.45) is 10.9 Å². The summed E-state index contributed by atoms with van der Waals surface area (Å²) in [6.45, 7) is 6.46. The van der Waals surface area contributed by atoms with Crippen LogP contribution in [0.2, 0.25) is 0 Å². The Morgan fingerprint density at radius 1 is 1.07 bits per heavy atom. The van der Waals surface area contributed by atoms with Crippen molar-refractivity contribution in [3.63, 3.8) is 0 Å². The Kier molecular flexibility index (Phi) is 7.98. The highest BCUT2D eigenvalue weighted by Gasteiger charge is 2.13. The molecule has 0 saturated carbocycles. The fourth-order valence-electron chi connectivity index (χ4n) is 2.87. The van der Waals surface area contributed by atoms with Crippen molar-refractivity contribution >= 4 is 5.96 Å². The average Bonchev–Trinajstić information content (AvgIpc) is 3.13. The van der Waals surface area contributed by atoms with Gasteiger partial charge in [-0.2, -0.15) is 0 Å². The quantitative estimate of drug-likeness (QED) is 0.506. The molecule has 2 rings (SSSR count).